The molecular weight excluding hydrogens is 300 g/mol. The fourth-order valence-corrected chi connectivity index (χ4v) is 5.42. The molecule has 1 atom stereocenters. The lowest BCUT2D eigenvalue weighted by Gasteiger charge is -2.47. The van der Waals surface area contributed by atoms with Crippen molar-refractivity contribution in [3.8, 4) is 0 Å². The van der Waals surface area contributed by atoms with Crippen LogP contribution in [0.15, 0.2) is 17.0 Å². The van der Waals surface area contributed by atoms with Crippen LogP contribution in [-0.2, 0) is 4.74 Å². The first-order valence-corrected chi connectivity index (χ1v) is 9.17. The lowest BCUT2D eigenvalue weighted by Crippen LogP contribution is -2.60. The van der Waals surface area contributed by atoms with Crippen molar-refractivity contribution >= 4 is 17.7 Å². The standard InChI is InChI=1S/C16H22N2O3S/c19-15(13-6-17-21-8-13)18-10-16(11-18)5-14(9-22-16)20-7-12-3-1-2-4-12/h6,8,12,14H,1-5,7,9-11H2. The Hall–Kier alpha value is -1.01. The second-order valence-corrected chi connectivity index (χ2v) is 8.37. The van der Waals surface area contributed by atoms with E-state index in [1.165, 1.54) is 38.1 Å². The van der Waals surface area contributed by atoms with Crippen LogP contribution >= 0.6 is 11.8 Å². The average Bonchev–Trinajstić information content (AvgIpc) is 3.21. The third kappa shape index (κ3) is 2.78. The maximum Gasteiger partial charge on any atom is 0.258 e. The van der Waals surface area contributed by atoms with E-state index in [9.17, 15) is 4.79 Å². The maximum absolute atomic E-state index is 12.2. The molecular formula is C16H22N2O3S. The highest BCUT2D eigenvalue weighted by atomic mass is 32.2. The molecule has 1 aromatic rings. The summed E-state index contributed by atoms with van der Waals surface area (Å²) in [6, 6.07) is 0. The van der Waals surface area contributed by atoms with Crippen molar-refractivity contribution in [2.45, 2.75) is 43.0 Å². The summed E-state index contributed by atoms with van der Waals surface area (Å²) >= 11 is 1.98. The van der Waals surface area contributed by atoms with Gasteiger partial charge in [-0.25, -0.2) is 0 Å². The Bertz CT molecular complexity index is 522. The van der Waals surface area contributed by atoms with Crippen molar-refractivity contribution in [2.75, 3.05) is 25.4 Å². The molecule has 1 amide bonds. The molecule has 5 nitrogen and oxygen atoms in total. The topological polar surface area (TPSA) is 55.6 Å². The van der Waals surface area contributed by atoms with E-state index in [1.807, 2.05) is 16.7 Å². The number of carbonyl (C=O) groups excluding carboxylic acids is 1. The van der Waals surface area contributed by atoms with Gasteiger partial charge in [-0.2, -0.15) is 0 Å². The minimum atomic E-state index is 0.0304. The van der Waals surface area contributed by atoms with E-state index in [0.717, 1.165) is 37.8 Å². The summed E-state index contributed by atoms with van der Waals surface area (Å²) in [4.78, 5) is 14.1. The molecule has 0 bridgehead atoms. The number of amides is 1. The molecule has 0 N–H and O–H groups in total. The van der Waals surface area contributed by atoms with Gasteiger partial charge in [-0.05, 0) is 25.2 Å². The van der Waals surface area contributed by atoms with Crippen LogP contribution in [0.3, 0.4) is 0 Å². The Morgan fingerprint density at radius 1 is 1.45 bits per heavy atom. The smallest absolute Gasteiger partial charge is 0.258 e. The summed E-state index contributed by atoms with van der Waals surface area (Å²) < 4.78 is 11.1. The number of carbonyl (C=O) groups is 1. The van der Waals surface area contributed by atoms with Gasteiger partial charge in [0.2, 0.25) is 0 Å². The molecule has 1 spiro atoms. The van der Waals surface area contributed by atoms with Crippen molar-refractivity contribution < 1.29 is 14.1 Å². The molecule has 1 aromatic heterocycles. The molecule has 120 valence electrons. The molecule has 2 saturated heterocycles. The zero-order valence-corrected chi connectivity index (χ0v) is 13.5. The van der Waals surface area contributed by atoms with Crippen LogP contribution < -0.4 is 0 Å². The van der Waals surface area contributed by atoms with Crippen molar-refractivity contribution in [3.63, 3.8) is 0 Å². The van der Waals surface area contributed by atoms with E-state index in [1.54, 1.807) is 0 Å². The first-order chi connectivity index (χ1) is 10.7. The first-order valence-electron chi connectivity index (χ1n) is 8.18. The molecule has 1 saturated carbocycles. The Balaban J connectivity index is 1.24. The van der Waals surface area contributed by atoms with Crippen molar-refractivity contribution in [1.29, 1.82) is 0 Å². The van der Waals surface area contributed by atoms with Crippen molar-refractivity contribution in [1.82, 2.24) is 10.1 Å². The lowest BCUT2D eigenvalue weighted by molar-refractivity contribution is 0.0197. The zero-order chi connectivity index (χ0) is 15.0. The van der Waals surface area contributed by atoms with Gasteiger partial charge in [-0.1, -0.05) is 18.0 Å². The minimum absolute atomic E-state index is 0.0304. The van der Waals surface area contributed by atoms with Crippen LogP contribution in [0.25, 0.3) is 0 Å². The van der Waals surface area contributed by atoms with E-state index in [2.05, 4.69) is 5.16 Å². The second-order valence-electron chi connectivity index (χ2n) is 6.88. The predicted molar refractivity (Wildman–Crippen MR) is 83.9 cm³/mol. The molecule has 1 aliphatic carbocycles. The van der Waals surface area contributed by atoms with E-state index in [4.69, 9.17) is 9.26 Å². The molecule has 3 fully saturated rings. The van der Waals surface area contributed by atoms with Gasteiger partial charge in [0.1, 0.15) is 6.26 Å². The molecule has 4 rings (SSSR count). The maximum atomic E-state index is 12.2. The summed E-state index contributed by atoms with van der Waals surface area (Å²) in [5.41, 5.74) is 0.548. The highest BCUT2D eigenvalue weighted by Crippen LogP contribution is 2.46. The van der Waals surface area contributed by atoms with Crippen LogP contribution in [0.4, 0.5) is 0 Å². The second kappa shape index (κ2) is 5.89. The highest BCUT2D eigenvalue weighted by Gasteiger charge is 2.51. The molecule has 0 radical (unpaired) electrons. The van der Waals surface area contributed by atoms with Crippen molar-refractivity contribution in [2.24, 2.45) is 5.92 Å². The summed E-state index contributed by atoms with van der Waals surface area (Å²) in [5.74, 6) is 1.89. The van der Waals surface area contributed by atoms with Gasteiger partial charge in [0.05, 0.1) is 22.6 Å². The quantitative estimate of drug-likeness (QED) is 0.853. The number of thioether (sulfide) groups is 1. The minimum Gasteiger partial charge on any atom is -0.377 e. The van der Waals surface area contributed by atoms with E-state index in [0.29, 0.717) is 11.7 Å². The fourth-order valence-electron chi connectivity index (χ4n) is 3.87. The Morgan fingerprint density at radius 3 is 3.00 bits per heavy atom. The van der Waals surface area contributed by atoms with E-state index >= 15 is 0 Å². The van der Waals surface area contributed by atoms with Crippen LogP contribution in [0.5, 0.6) is 0 Å². The van der Waals surface area contributed by atoms with Gasteiger partial charge in [0.25, 0.3) is 5.91 Å². The van der Waals surface area contributed by atoms with Gasteiger partial charge in [0.15, 0.2) is 0 Å². The van der Waals surface area contributed by atoms with Crippen LogP contribution in [0.1, 0.15) is 42.5 Å². The van der Waals surface area contributed by atoms with Gasteiger partial charge in [0, 0.05) is 25.4 Å². The number of nitrogens with zero attached hydrogens (tertiary/aromatic N) is 2. The third-order valence-electron chi connectivity index (χ3n) is 5.14. The summed E-state index contributed by atoms with van der Waals surface area (Å²) in [6.45, 7) is 2.58. The summed E-state index contributed by atoms with van der Waals surface area (Å²) in [6.07, 6.45) is 9.79. The number of likely N-dealkylation sites (tertiary alicyclic amines) is 1. The first kappa shape index (κ1) is 14.6. The number of rotatable bonds is 4. The number of hydrogen-bond acceptors (Lipinski definition) is 5. The van der Waals surface area contributed by atoms with Crippen LogP contribution in [0, 0.1) is 5.92 Å². The number of ether oxygens (including phenoxy) is 1. The molecule has 2 aliphatic heterocycles. The molecule has 22 heavy (non-hydrogen) atoms. The lowest BCUT2D eigenvalue weighted by atomic mass is 9.92. The monoisotopic (exact) mass is 322 g/mol. The van der Waals surface area contributed by atoms with E-state index in [-0.39, 0.29) is 10.7 Å². The van der Waals surface area contributed by atoms with Gasteiger partial charge >= 0.3 is 0 Å². The SMILES string of the molecule is O=C(c1cnoc1)N1CC2(CC(OCC3CCCC3)CS2)C1. The predicted octanol–water partition coefficient (Wildman–Crippen LogP) is 2.58. The normalized spacial score (nSPS) is 27.5. The summed E-state index contributed by atoms with van der Waals surface area (Å²) in [5, 5.41) is 3.60. The summed E-state index contributed by atoms with van der Waals surface area (Å²) in [7, 11) is 0. The largest absolute Gasteiger partial charge is 0.377 e. The van der Waals surface area contributed by atoms with Crippen molar-refractivity contribution in [3.05, 3.63) is 18.0 Å². The highest BCUT2D eigenvalue weighted by molar-refractivity contribution is 8.01. The molecule has 3 heterocycles. The number of hydrogen-bond donors (Lipinski definition) is 0. The van der Waals surface area contributed by atoms with Crippen LogP contribution in [-0.4, -0.2) is 52.3 Å². The fraction of sp³-hybridized carbons (Fsp3) is 0.750. The molecule has 3 aliphatic rings. The van der Waals surface area contributed by atoms with Gasteiger partial charge < -0.3 is 14.2 Å². The zero-order valence-electron chi connectivity index (χ0n) is 12.7. The molecule has 1 unspecified atom stereocenters. The third-order valence-corrected chi connectivity index (χ3v) is 6.72. The van der Waals surface area contributed by atoms with Gasteiger partial charge in [-0.3, -0.25) is 4.79 Å². The Morgan fingerprint density at radius 2 is 2.27 bits per heavy atom. The van der Waals surface area contributed by atoms with Crippen LogP contribution in [0.2, 0.25) is 0 Å². The Kier molecular flexibility index (Phi) is 3.90. The molecule has 6 heteroatoms. The number of aromatic nitrogens is 1. The Labute approximate surface area is 134 Å². The van der Waals surface area contributed by atoms with Gasteiger partial charge in [-0.15, -0.1) is 11.8 Å². The van der Waals surface area contributed by atoms with E-state index < -0.39 is 0 Å². The average molecular weight is 322 g/mol. The molecule has 0 aromatic carbocycles.